The van der Waals surface area contributed by atoms with Crippen molar-refractivity contribution in [2.24, 2.45) is 0 Å². The molecule has 0 atom stereocenters. The van der Waals surface area contributed by atoms with Gasteiger partial charge >= 0.3 is 5.97 Å². The van der Waals surface area contributed by atoms with Crippen LogP contribution in [0.25, 0.3) is 11.1 Å². The SMILES string of the molecule is O=CC(=O)ON(Cc1ccncc1)Cc1ccc(S(=O)(=O)NCCc2ccc(-c3ccccc3)cc2)s1. The maximum atomic E-state index is 12.8. The quantitative estimate of drug-likeness (QED) is 0.166. The number of thiophene rings is 1. The lowest BCUT2D eigenvalue weighted by molar-refractivity contribution is -0.194. The Labute approximate surface area is 219 Å². The van der Waals surface area contributed by atoms with E-state index < -0.39 is 16.0 Å². The Kier molecular flexibility index (Phi) is 8.91. The van der Waals surface area contributed by atoms with Gasteiger partial charge in [0.25, 0.3) is 0 Å². The van der Waals surface area contributed by atoms with Crippen molar-refractivity contribution in [3.63, 3.8) is 0 Å². The van der Waals surface area contributed by atoms with Gasteiger partial charge in [0.15, 0.2) is 0 Å². The van der Waals surface area contributed by atoms with Crippen LogP contribution in [0.3, 0.4) is 0 Å². The van der Waals surface area contributed by atoms with Crippen LogP contribution in [-0.4, -0.2) is 37.3 Å². The standard InChI is InChI=1S/C27H25N3O5S2/c31-20-26(32)35-30(18-22-12-15-28-16-13-22)19-25-10-11-27(36-25)37(33,34)29-17-14-21-6-8-24(9-7-21)23-4-2-1-3-5-23/h1-13,15-16,20,29H,14,17-19H2. The van der Waals surface area contributed by atoms with Gasteiger partial charge in [0.05, 0.1) is 13.1 Å². The largest absolute Gasteiger partial charge is 0.390 e. The first-order valence-corrected chi connectivity index (χ1v) is 13.8. The van der Waals surface area contributed by atoms with Gasteiger partial charge in [-0.1, -0.05) is 54.6 Å². The average molecular weight is 536 g/mol. The molecule has 37 heavy (non-hydrogen) atoms. The molecule has 0 radical (unpaired) electrons. The van der Waals surface area contributed by atoms with Crippen molar-refractivity contribution >= 4 is 33.6 Å². The molecule has 8 nitrogen and oxygen atoms in total. The summed E-state index contributed by atoms with van der Waals surface area (Å²) in [6.07, 6.45) is 3.85. The summed E-state index contributed by atoms with van der Waals surface area (Å²) in [7, 11) is -3.71. The molecule has 0 aliphatic carbocycles. The molecule has 2 heterocycles. The zero-order valence-electron chi connectivity index (χ0n) is 19.8. The zero-order chi connectivity index (χ0) is 26.1. The first kappa shape index (κ1) is 26.4. The van der Waals surface area contributed by atoms with Crippen molar-refractivity contribution in [2.75, 3.05) is 6.54 Å². The highest BCUT2D eigenvalue weighted by Crippen LogP contribution is 2.24. The van der Waals surface area contributed by atoms with Crippen LogP contribution in [0, 0.1) is 0 Å². The monoisotopic (exact) mass is 535 g/mol. The number of aromatic nitrogens is 1. The number of hydrogen-bond acceptors (Lipinski definition) is 8. The number of aldehydes is 1. The summed E-state index contributed by atoms with van der Waals surface area (Å²) in [5.41, 5.74) is 4.07. The summed E-state index contributed by atoms with van der Waals surface area (Å²) in [6.45, 7) is 0.588. The molecular formula is C27H25N3O5S2. The van der Waals surface area contributed by atoms with E-state index in [0.717, 1.165) is 33.6 Å². The number of pyridine rings is 1. The second kappa shape index (κ2) is 12.5. The van der Waals surface area contributed by atoms with Crippen molar-refractivity contribution < 1.29 is 22.8 Å². The number of hydrogen-bond donors (Lipinski definition) is 1. The van der Waals surface area contributed by atoms with E-state index in [9.17, 15) is 18.0 Å². The highest BCUT2D eigenvalue weighted by molar-refractivity contribution is 7.91. The lowest BCUT2D eigenvalue weighted by atomic mass is 10.0. The predicted molar refractivity (Wildman–Crippen MR) is 141 cm³/mol. The topological polar surface area (TPSA) is 106 Å². The first-order chi connectivity index (χ1) is 17.9. The third-order valence-corrected chi connectivity index (χ3v) is 8.45. The van der Waals surface area contributed by atoms with E-state index in [1.165, 1.54) is 11.1 Å². The van der Waals surface area contributed by atoms with Crippen LogP contribution in [0.5, 0.6) is 0 Å². The lowest BCUT2D eigenvalue weighted by Gasteiger charge is -2.19. The first-order valence-electron chi connectivity index (χ1n) is 11.5. The lowest BCUT2D eigenvalue weighted by Crippen LogP contribution is -2.27. The molecule has 0 aliphatic heterocycles. The van der Waals surface area contributed by atoms with Gasteiger partial charge in [0, 0.05) is 23.8 Å². The van der Waals surface area contributed by atoms with Crippen molar-refractivity contribution in [1.82, 2.24) is 14.8 Å². The third-order valence-electron chi connectivity index (χ3n) is 5.42. The molecule has 0 unspecified atom stereocenters. The van der Waals surface area contributed by atoms with E-state index in [-0.39, 0.29) is 30.1 Å². The zero-order valence-corrected chi connectivity index (χ0v) is 21.5. The Morgan fingerprint density at radius 2 is 1.59 bits per heavy atom. The maximum Gasteiger partial charge on any atom is 0.390 e. The summed E-state index contributed by atoms with van der Waals surface area (Å²) >= 11 is 1.08. The predicted octanol–water partition coefficient (Wildman–Crippen LogP) is 3.99. The van der Waals surface area contributed by atoms with Crippen LogP contribution >= 0.6 is 11.3 Å². The van der Waals surface area contributed by atoms with Gasteiger partial charge in [-0.25, -0.2) is 17.9 Å². The molecule has 190 valence electrons. The van der Waals surface area contributed by atoms with E-state index in [1.54, 1.807) is 30.6 Å². The Bertz CT molecular complexity index is 1420. The van der Waals surface area contributed by atoms with E-state index in [4.69, 9.17) is 4.84 Å². The van der Waals surface area contributed by atoms with Crippen molar-refractivity contribution in [3.8, 4) is 11.1 Å². The number of sulfonamides is 1. The van der Waals surface area contributed by atoms with Gasteiger partial charge in [-0.3, -0.25) is 9.78 Å². The van der Waals surface area contributed by atoms with Crippen LogP contribution in [0.15, 0.2) is 95.5 Å². The number of rotatable bonds is 12. The maximum absolute atomic E-state index is 12.8. The van der Waals surface area contributed by atoms with Crippen molar-refractivity contribution in [1.29, 1.82) is 0 Å². The molecule has 0 aliphatic rings. The summed E-state index contributed by atoms with van der Waals surface area (Å²) in [4.78, 5) is 32.0. The molecule has 4 aromatic rings. The number of benzene rings is 2. The van der Waals surface area contributed by atoms with Crippen molar-refractivity contribution in [2.45, 2.75) is 23.7 Å². The van der Waals surface area contributed by atoms with Gasteiger partial charge in [-0.05, 0) is 52.9 Å². The molecule has 0 saturated carbocycles. The van der Waals surface area contributed by atoms with Crippen LogP contribution in [0.4, 0.5) is 0 Å². The summed E-state index contributed by atoms with van der Waals surface area (Å²) in [5.74, 6) is -1.03. The van der Waals surface area contributed by atoms with Crippen molar-refractivity contribution in [3.05, 3.63) is 107 Å². The molecule has 0 saturated heterocycles. The van der Waals surface area contributed by atoms with Gasteiger partial charge in [-0.15, -0.1) is 16.4 Å². The van der Waals surface area contributed by atoms with Gasteiger partial charge < -0.3 is 4.84 Å². The van der Waals surface area contributed by atoms with E-state index in [1.807, 2.05) is 54.6 Å². The summed E-state index contributed by atoms with van der Waals surface area (Å²) < 4.78 is 28.5. The average Bonchev–Trinajstić information content (AvgIpc) is 3.39. The summed E-state index contributed by atoms with van der Waals surface area (Å²) in [6, 6.07) is 24.8. The molecule has 10 heteroatoms. The molecular weight excluding hydrogens is 510 g/mol. The van der Waals surface area contributed by atoms with Crippen LogP contribution in [-0.2, 0) is 44.0 Å². The number of nitrogens with zero attached hydrogens (tertiary/aromatic N) is 2. The molecule has 0 bridgehead atoms. The molecule has 0 amide bonds. The molecule has 2 aromatic heterocycles. The highest BCUT2D eigenvalue weighted by atomic mass is 32.2. The molecule has 4 rings (SSSR count). The molecule has 2 aromatic carbocycles. The minimum Gasteiger partial charge on any atom is -0.361 e. The van der Waals surface area contributed by atoms with Crippen LogP contribution in [0.2, 0.25) is 0 Å². The molecule has 0 spiro atoms. The Morgan fingerprint density at radius 3 is 2.30 bits per heavy atom. The normalized spacial score (nSPS) is 11.4. The number of nitrogens with one attached hydrogen (secondary N) is 1. The minimum absolute atomic E-state index is 0.0863. The van der Waals surface area contributed by atoms with E-state index >= 15 is 0 Å². The Hall–Kier alpha value is -3.70. The van der Waals surface area contributed by atoms with Gasteiger partial charge in [0.1, 0.15) is 4.21 Å². The smallest absolute Gasteiger partial charge is 0.361 e. The highest BCUT2D eigenvalue weighted by Gasteiger charge is 2.19. The fourth-order valence-corrected chi connectivity index (χ4v) is 6.05. The van der Waals surface area contributed by atoms with Crippen LogP contribution in [0.1, 0.15) is 16.0 Å². The summed E-state index contributed by atoms with van der Waals surface area (Å²) in [5, 5.41) is 1.31. The van der Waals surface area contributed by atoms with E-state index in [2.05, 4.69) is 9.71 Å². The van der Waals surface area contributed by atoms with E-state index in [0.29, 0.717) is 11.3 Å². The fourth-order valence-electron chi connectivity index (χ4n) is 3.62. The second-order valence-corrected chi connectivity index (χ2v) is 11.3. The fraction of sp³-hybridized carbons (Fsp3) is 0.148. The number of hydroxylamine groups is 2. The van der Waals surface area contributed by atoms with Gasteiger partial charge in [0.2, 0.25) is 16.3 Å². The Balaban J connectivity index is 1.34. The Morgan fingerprint density at radius 1 is 0.892 bits per heavy atom. The number of carbonyl (C=O) groups is 2. The van der Waals surface area contributed by atoms with Crippen LogP contribution < -0.4 is 4.72 Å². The molecule has 1 N–H and O–H groups in total. The third kappa shape index (κ3) is 7.64. The molecule has 0 fully saturated rings. The number of carbonyl (C=O) groups excluding carboxylic acids is 2. The minimum atomic E-state index is -3.71. The second-order valence-electron chi connectivity index (χ2n) is 8.11. The van der Waals surface area contributed by atoms with Gasteiger partial charge in [-0.2, -0.15) is 0 Å².